The van der Waals surface area contributed by atoms with Gasteiger partial charge in [-0.1, -0.05) is 13.8 Å². The zero-order chi connectivity index (χ0) is 29.2. The number of anilines is 1. The first kappa shape index (κ1) is 31.5. The molecule has 1 aromatic heterocycles. The van der Waals surface area contributed by atoms with Crippen molar-refractivity contribution in [2.45, 2.75) is 45.5 Å². The molecular formula is C26H39F2N7O4. The van der Waals surface area contributed by atoms with Crippen LogP contribution in [0, 0.1) is 11.3 Å². The van der Waals surface area contributed by atoms with Crippen LogP contribution in [0.5, 0.6) is 0 Å². The molecule has 6 N–H and O–H groups in total. The van der Waals surface area contributed by atoms with E-state index in [0.717, 1.165) is 6.42 Å². The van der Waals surface area contributed by atoms with Crippen molar-refractivity contribution in [2.75, 3.05) is 45.3 Å². The van der Waals surface area contributed by atoms with E-state index in [1.54, 1.807) is 24.1 Å². The second-order valence-electron chi connectivity index (χ2n) is 9.33. The molecule has 216 valence electrons. The van der Waals surface area contributed by atoms with Gasteiger partial charge in [-0.3, -0.25) is 9.59 Å². The molecule has 1 saturated heterocycles. The molecule has 0 amide bonds. The minimum Gasteiger partial charge on any atom is -0.482 e. The first-order valence-electron chi connectivity index (χ1n) is 12.7. The average molecular weight is 552 g/mol. The van der Waals surface area contributed by atoms with Crippen molar-refractivity contribution >= 4 is 29.4 Å². The van der Waals surface area contributed by atoms with Crippen LogP contribution in [-0.4, -0.2) is 74.3 Å². The SMILES string of the molecule is CCCN/C=C(/OC/C(=C(/N)c1ccc(N2C[C@@H](CC(=O)OC)CC(F)(F)C2)c(CC)n1)N(C)N)C(=O)C=N. The topological polar surface area (TPSA) is 160 Å². The van der Waals surface area contributed by atoms with E-state index in [9.17, 15) is 18.4 Å². The maximum Gasteiger partial charge on any atom is 0.305 e. The molecule has 0 unspecified atom stereocenters. The number of nitrogens with two attached hydrogens (primary N) is 2. The number of carbonyl (C=O) groups excluding carboxylic acids is 2. The van der Waals surface area contributed by atoms with Gasteiger partial charge in [-0.05, 0) is 30.9 Å². The van der Waals surface area contributed by atoms with Gasteiger partial charge in [-0.2, -0.15) is 0 Å². The summed E-state index contributed by atoms with van der Waals surface area (Å²) in [5.74, 6) is 1.23. The molecule has 1 aromatic rings. The molecule has 1 atom stereocenters. The Morgan fingerprint density at radius 2 is 2.08 bits per heavy atom. The highest BCUT2D eigenvalue weighted by atomic mass is 19.3. The van der Waals surface area contributed by atoms with Crippen LogP contribution < -0.4 is 21.8 Å². The number of hydrogen-bond donors (Lipinski definition) is 4. The molecule has 1 aliphatic heterocycles. The fourth-order valence-electron chi connectivity index (χ4n) is 4.27. The maximum absolute atomic E-state index is 14.6. The second-order valence-corrected chi connectivity index (χ2v) is 9.33. The number of ether oxygens (including phenoxy) is 2. The summed E-state index contributed by atoms with van der Waals surface area (Å²) in [6.07, 6.45) is 2.82. The van der Waals surface area contributed by atoms with E-state index >= 15 is 0 Å². The van der Waals surface area contributed by atoms with Crippen LogP contribution in [0.4, 0.5) is 14.5 Å². The third kappa shape index (κ3) is 8.91. The molecule has 1 fully saturated rings. The number of nitrogens with zero attached hydrogens (tertiary/aromatic N) is 3. The number of piperidine rings is 1. The lowest BCUT2D eigenvalue weighted by atomic mass is 9.91. The third-order valence-corrected chi connectivity index (χ3v) is 6.18. The first-order chi connectivity index (χ1) is 18.5. The molecule has 11 nitrogen and oxygen atoms in total. The Kier molecular flexibility index (Phi) is 11.6. The van der Waals surface area contributed by atoms with Gasteiger partial charge in [0.05, 0.1) is 54.8 Å². The highest BCUT2D eigenvalue weighted by molar-refractivity contribution is 6.33. The number of aryl methyl sites for hydroxylation is 1. The number of halogens is 2. The van der Waals surface area contributed by atoms with Gasteiger partial charge >= 0.3 is 5.97 Å². The molecule has 1 aliphatic rings. The minimum absolute atomic E-state index is 0.0734. The van der Waals surface area contributed by atoms with Gasteiger partial charge in [0.15, 0.2) is 5.76 Å². The number of methoxy groups -OCH3 is 1. The normalized spacial score (nSPS) is 17.7. The molecule has 0 bridgehead atoms. The Labute approximate surface area is 227 Å². The average Bonchev–Trinajstić information content (AvgIpc) is 2.90. The number of carbonyl (C=O) groups is 2. The summed E-state index contributed by atoms with van der Waals surface area (Å²) in [4.78, 5) is 30.0. The van der Waals surface area contributed by atoms with Gasteiger partial charge in [0.25, 0.3) is 5.92 Å². The van der Waals surface area contributed by atoms with Crippen molar-refractivity contribution in [2.24, 2.45) is 17.5 Å². The maximum atomic E-state index is 14.6. The van der Waals surface area contributed by atoms with E-state index < -0.39 is 36.6 Å². The van der Waals surface area contributed by atoms with Crippen molar-refractivity contribution in [3.8, 4) is 0 Å². The Morgan fingerprint density at radius 3 is 2.67 bits per heavy atom. The monoisotopic (exact) mass is 551 g/mol. The molecule has 0 spiro atoms. The molecule has 0 aromatic carbocycles. The molecule has 39 heavy (non-hydrogen) atoms. The fourth-order valence-corrected chi connectivity index (χ4v) is 4.27. The van der Waals surface area contributed by atoms with Crippen LogP contribution in [0.3, 0.4) is 0 Å². The molecule has 2 rings (SSSR count). The summed E-state index contributed by atoms with van der Waals surface area (Å²) in [6.45, 7) is 4.02. The fraction of sp³-hybridized carbons (Fsp3) is 0.538. The van der Waals surface area contributed by atoms with Crippen LogP contribution in [0.2, 0.25) is 0 Å². The van der Waals surface area contributed by atoms with Crippen LogP contribution in [0.25, 0.3) is 5.70 Å². The number of likely N-dealkylation sites (N-methyl/N-ethyl adjacent to an activating group) is 1. The number of aromatic nitrogens is 1. The summed E-state index contributed by atoms with van der Waals surface area (Å²) in [6, 6.07) is 3.29. The zero-order valence-corrected chi connectivity index (χ0v) is 22.9. The Morgan fingerprint density at radius 1 is 1.36 bits per heavy atom. The molecule has 0 radical (unpaired) electrons. The van der Waals surface area contributed by atoms with Crippen LogP contribution in [-0.2, 0) is 25.5 Å². The van der Waals surface area contributed by atoms with Crippen molar-refractivity contribution in [1.29, 1.82) is 5.41 Å². The van der Waals surface area contributed by atoms with Gasteiger partial charge in [-0.25, -0.2) is 19.6 Å². The van der Waals surface area contributed by atoms with Crippen molar-refractivity contribution < 1.29 is 27.8 Å². The van der Waals surface area contributed by atoms with E-state index in [1.807, 2.05) is 13.8 Å². The molecule has 13 heteroatoms. The lowest BCUT2D eigenvalue weighted by molar-refractivity contribution is -0.142. The molecule has 0 aliphatic carbocycles. The van der Waals surface area contributed by atoms with E-state index in [2.05, 4.69) is 15.0 Å². The number of esters is 1. The van der Waals surface area contributed by atoms with Gasteiger partial charge in [0.1, 0.15) is 6.61 Å². The van der Waals surface area contributed by atoms with Crippen LogP contribution in [0.15, 0.2) is 29.8 Å². The Hall–Kier alpha value is -3.74. The summed E-state index contributed by atoms with van der Waals surface area (Å²) >= 11 is 0. The lowest BCUT2D eigenvalue weighted by Gasteiger charge is -2.39. The standard InChI is InChI=1S/C26H39F2N7O4/c1-5-9-32-13-23(22(36)12-29)39-15-21(34(3)31)25(30)19-7-8-20(18(6-2)33-19)35-14-17(10-24(37)38-4)11-26(27,28)16-35/h7-8,12-13,17,29,32H,5-6,9-11,14-16,30-31H2,1-4H3/b23-13+,25-21-,29-12?/t17-/m0/s1. The molecular weight excluding hydrogens is 512 g/mol. The summed E-state index contributed by atoms with van der Waals surface area (Å²) in [7, 11) is 2.79. The minimum atomic E-state index is -2.97. The van der Waals surface area contributed by atoms with E-state index in [1.165, 1.54) is 18.3 Å². The lowest BCUT2D eigenvalue weighted by Crippen LogP contribution is -2.48. The van der Waals surface area contributed by atoms with Crippen molar-refractivity contribution in [3.05, 3.63) is 41.2 Å². The number of pyridine rings is 1. The summed E-state index contributed by atoms with van der Waals surface area (Å²) < 4.78 is 39.5. The number of nitrogens with one attached hydrogen (secondary N) is 2. The highest BCUT2D eigenvalue weighted by Gasteiger charge is 2.41. The van der Waals surface area contributed by atoms with E-state index in [-0.39, 0.29) is 31.0 Å². The number of Topliss-reactive ketones (excluding diaryl/α,β-unsaturated/α-hetero) is 1. The number of ketones is 1. The van der Waals surface area contributed by atoms with E-state index in [4.69, 9.17) is 21.7 Å². The van der Waals surface area contributed by atoms with Gasteiger partial charge < -0.3 is 35.8 Å². The van der Waals surface area contributed by atoms with E-state index in [0.29, 0.717) is 42.0 Å². The second kappa shape index (κ2) is 14.4. The predicted molar refractivity (Wildman–Crippen MR) is 145 cm³/mol. The predicted octanol–water partition coefficient (Wildman–Crippen LogP) is 2.18. The number of allylic oxidation sites excluding steroid dienone is 1. The first-order valence-corrected chi connectivity index (χ1v) is 12.7. The Balaban J connectivity index is 2.36. The van der Waals surface area contributed by atoms with Crippen molar-refractivity contribution in [3.63, 3.8) is 0 Å². The number of hydrogen-bond acceptors (Lipinski definition) is 11. The van der Waals surface area contributed by atoms with Crippen LogP contribution in [0.1, 0.15) is 44.5 Å². The number of rotatable bonds is 14. The molecule has 0 saturated carbocycles. The smallest absolute Gasteiger partial charge is 0.305 e. The number of hydrazine groups is 1. The highest BCUT2D eigenvalue weighted by Crippen LogP contribution is 2.36. The van der Waals surface area contributed by atoms with Crippen LogP contribution >= 0.6 is 0 Å². The quantitative estimate of drug-likeness (QED) is 0.0513. The largest absolute Gasteiger partial charge is 0.482 e. The third-order valence-electron chi connectivity index (χ3n) is 6.18. The number of alkyl halides is 2. The van der Waals surface area contributed by atoms with Gasteiger partial charge in [0.2, 0.25) is 5.78 Å². The summed E-state index contributed by atoms with van der Waals surface area (Å²) in [5.41, 5.74) is 8.34. The molecule has 2 heterocycles. The zero-order valence-electron chi connectivity index (χ0n) is 22.9. The summed E-state index contributed by atoms with van der Waals surface area (Å²) in [5, 5.41) is 11.4. The van der Waals surface area contributed by atoms with Crippen molar-refractivity contribution in [1.82, 2.24) is 15.3 Å². The Bertz CT molecular complexity index is 1090. The van der Waals surface area contributed by atoms with Gasteiger partial charge in [0, 0.05) is 32.8 Å². The van der Waals surface area contributed by atoms with Gasteiger partial charge in [-0.15, -0.1) is 0 Å².